The van der Waals surface area contributed by atoms with Crippen LogP contribution in [0.4, 0.5) is 0 Å². The summed E-state index contributed by atoms with van der Waals surface area (Å²) in [6, 6.07) is 20.8. The average Bonchev–Trinajstić information content (AvgIpc) is 2.68. The Morgan fingerprint density at radius 2 is 1.54 bits per heavy atom. The molecule has 0 aliphatic rings. The fourth-order valence-corrected chi connectivity index (χ4v) is 5.37. The Morgan fingerprint density at radius 3 is 2.25 bits per heavy atom. The van der Waals surface area contributed by atoms with Gasteiger partial charge in [-0.1, -0.05) is 60.7 Å². The second kappa shape index (κ2) is 8.54. The van der Waals surface area contributed by atoms with Crippen LogP contribution in [0.1, 0.15) is 30.1 Å². The number of aliphatic hydroxyl groups is 1. The van der Waals surface area contributed by atoms with Gasteiger partial charge in [0.05, 0.1) is 11.0 Å². The van der Waals surface area contributed by atoms with Crippen LogP contribution >= 0.6 is 0 Å². The van der Waals surface area contributed by atoms with Gasteiger partial charge in [0, 0.05) is 6.42 Å². The van der Waals surface area contributed by atoms with Crippen LogP contribution in [-0.2, 0) is 14.6 Å². The van der Waals surface area contributed by atoms with Gasteiger partial charge in [-0.2, -0.15) is 0 Å². The number of carboxylic acid groups (broad SMARTS) is 1. The summed E-state index contributed by atoms with van der Waals surface area (Å²) in [5.74, 6) is -0.972. The molecule has 0 heterocycles. The number of benzene rings is 3. The van der Waals surface area contributed by atoms with E-state index < -0.39 is 27.2 Å². The minimum Gasteiger partial charge on any atom is -0.481 e. The molecule has 0 aliphatic heterocycles. The predicted octanol–water partition coefficient (Wildman–Crippen LogP) is 3.97. The number of hydrogen-bond donors (Lipinski definition) is 2. The maximum absolute atomic E-state index is 13.4. The van der Waals surface area contributed by atoms with Gasteiger partial charge in [-0.15, -0.1) is 0 Å². The minimum absolute atomic E-state index is 0.0756. The van der Waals surface area contributed by atoms with Crippen LogP contribution in [0.15, 0.2) is 77.7 Å². The highest BCUT2D eigenvalue weighted by molar-refractivity contribution is 7.91. The van der Waals surface area contributed by atoms with Crippen molar-refractivity contribution >= 4 is 26.6 Å². The number of carbonyl (C=O) groups is 1. The second-order valence-corrected chi connectivity index (χ2v) is 8.77. The summed E-state index contributed by atoms with van der Waals surface area (Å²) in [5.41, 5.74) is 0.518. The minimum atomic E-state index is -3.89. The predicted molar refractivity (Wildman–Crippen MR) is 108 cm³/mol. The first kappa shape index (κ1) is 20.0. The molecule has 2 N–H and O–H groups in total. The zero-order valence-corrected chi connectivity index (χ0v) is 16.0. The lowest BCUT2D eigenvalue weighted by atomic mass is 9.97. The van der Waals surface area contributed by atoms with Gasteiger partial charge in [0.2, 0.25) is 0 Å². The van der Waals surface area contributed by atoms with Crippen LogP contribution in [0.2, 0.25) is 0 Å². The van der Waals surface area contributed by atoms with Gasteiger partial charge in [0.25, 0.3) is 0 Å². The van der Waals surface area contributed by atoms with Crippen molar-refractivity contribution in [2.45, 2.75) is 35.5 Å². The highest BCUT2D eigenvalue weighted by atomic mass is 32.2. The fraction of sp³-hybridized carbons (Fsp3) is 0.227. The summed E-state index contributed by atoms with van der Waals surface area (Å²) >= 11 is 0. The molecular formula is C22H22O5S. The molecular weight excluding hydrogens is 376 g/mol. The number of aliphatic carboxylic acids is 1. The van der Waals surface area contributed by atoms with Crippen molar-refractivity contribution in [3.8, 4) is 0 Å². The van der Waals surface area contributed by atoms with Gasteiger partial charge in [0.15, 0.2) is 9.84 Å². The second-order valence-electron chi connectivity index (χ2n) is 6.70. The molecule has 0 spiro atoms. The van der Waals surface area contributed by atoms with Crippen molar-refractivity contribution in [1.82, 2.24) is 0 Å². The maximum Gasteiger partial charge on any atom is 0.303 e. The van der Waals surface area contributed by atoms with E-state index in [9.17, 15) is 18.3 Å². The molecule has 2 atom stereocenters. The van der Waals surface area contributed by atoms with E-state index in [1.165, 1.54) is 12.1 Å². The van der Waals surface area contributed by atoms with Crippen molar-refractivity contribution in [1.29, 1.82) is 0 Å². The Bertz CT molecular complexity index is 1060. The SMILES string of the molecule is O=C(O)CCCC(O)C(c1cccc2ccccc12)S(=O)(=O)c1ccccc1. The highest BCUT2D eigenvalue weighted by Crippen LogP contribution is 2.37. The van der Waals surface area contributed by atoms with Crippen molar-refractivity contribution < 1.29 is 23.4 Å². The van der Waals surface area contributed by atoms with Crippen LogP contribution in [0.3, 0.4) is 0 Å². The summed E-state index contributed by atoms with van der Waals surface area (Å²) in [4.78, 5) is 10.9. The highest BCUT2D eigenvalue weighted by Gasteiger charge is 2.36. The average molecular weight is 398 g/mol. The molecule has 0 aromatic heterocycles. The van der Waals surface area contributed by atoms with Crippen molar-refractivity contribution in [2.75, 3.05) is 0 Å². The lowest BCUT2D eigenvalue weighted by Crippen LogP contribution is -2.27. The monoisotopic (exact) mass is 398 g/mol. The summed E-state index contributed by atoms with van der Waals surface area (Å²) in [5, 5.41) is 20.2. The van der Waals surface area contributed by atoms with Gasteiger partial charge in [0.1, 0.15) is 5.25 Å². The van der Waals surface area contributed by atoms with Gasteiger partial charge in [-0.05, 0) is 41.3 Å². The summed E-state index contributed by atoms with van der Waals surface area (Å²) in [6.45, 7) is 0. The third-order valence-corrected chi connectivity index (χ3v) is 6.94. The topological polar surface area (TPSA) is 91.7 Å². The zero-order chi connectivity index (χ0) is 20.1. The van der Waals surface area contributed by atoms with Crippen molar-refractivity contribution in [3.05, 3.63) is 78.4 Å². The molecule has 0 radical (unpaired) electrons. The standard InChI is InChI=1S/C22H22O5S/c23-20(14-7-15-21(24)25)22(28(26,27)17-10-2-1-3-11-17)19-13-6-9-16-8-4-5-12-18(16)19/h1-6,8-13,20,22-23H,7,14-15H2,(H,24,25). The van der Waals surface area contributed by atoms with Crippen LogP contribution < -0.4 is 0 Å². The molecule has 2 unspecified atom stereocenters. The lowest BCUT2D eigenvalue weighted by molar-refractivity contribution is -0.137. The molecule has 3 rings (SSSR count). The van der Waals surface area contributed by atoms with E-state index >= 15 is 0 Å². The van der Waals surface area contributed by atoms with E-state index in [0.29, 0.717) is 5.56 Å². The molecule has 5 nitrogen and oxygen atoms in total. The van der Waals surface area contributed by atoms with E-state index in [1.807, 2.05) is 30.3 Å². The number of aliphatic hydroxyl groups excluding tert-OH is 1. The lowest BCUT2D eigenvalue weighted by Gasteiger charge is -2.25. The molecule has 0 saturated heterocycles. The normalized spacial score (nSPS) is 13.9. The molecule has 0 aliphatic carbocycles. The van der Waals surface area contributed by atoms with Crippen LogP contribution in [0.25, 0.3) is 10.8 Å². The summed E-state index contributed by atoms with van der Waals surface area (Å²) < 4.78 is 26.9. The first-order valence-corrected chi connectivity index (χ1v) is 10.6. The van der Waals surface area contributed by atoms with Crippen LogP contribution in [0, 0.1) is 0 Å². The van der Waals surface area contributed by atoms with E-state index in [2.05, 4.69) is 0 Å². The molecule has 28 heavy (non-hydrogen) atoms. The molecule has 3 aromatic carbocycles. The smallest absolute Gasteiger partial charge is 0.303 e. The molecule has 6 heteroatoms. The summed E-state index contributed by atoms with van der Waals surface area (Å²) in [7, 11) is -3.89. The quantitative estimate of drug-likeness (QED) is 0.599. The first-order chi connectivity index (χ1) is 13.4. The number of carboxylic acids is 1. The Balaban J connectivity index is 2.10. The van der Waals surface area contributed by atoms with Crippen LogP contribution in [-0.4, -0.2) is 30.7 Å². The van der Waals surface area contributed by atoms with Crippen molar-refractivity contribution in [3.63, 3.8) is 0 Å². The van der Waals surface area contributed by atoms with Crippen LogP contribution in [0.5, 0.6) is 0 Å². The molecule has 0 bridgehead atoms. The molecule has 146 valence electrons. The Labute approximate surface area is 164 Å². The third kappa shape index (κ3) is 4.24. The molecule has 0 saturated carbocycles. The van der Waals surface area contributed by atoms with E-state index in [4.69, 9.17) is 5.11 Å². The van der Waals surface area contributed by atoms with E-state index in [-0.39, 0.29) is 24.2 Å². The summed E-state index contributed by atoms with van der Waals surface area (Å²) in [6.07, 6.45) is -1.07. The fourth-order valence-electron chi connectivity index (χ4n) is 3.45. The Kier molecular flexibility index (Phi) is 6.11. The van der Waals surface area contributed by atoms with Gasteiger partial charge < -0.3 is 10.2 Å². The largest absolute Gasteiger partial charge is 0.481 e. The molecule has 0 amide bonds. The van der Waals surface area contributed by atoms with Gasteiger partial charge >= 0.3 is 5.97 Å². The number of hydrogen-bond acceptors (Lipinski definition) is 4. The Morgan fingerprint density at radius 1 is 0.893 bits per heavy atom. The molecule has 0 fully saturated rings. The van der Waals surface area contributed by atoms with Gasteiger partial charge in [-0.25, -0.2) is 8.42 Å². The zero-order valence-electron chi connectivity index (χ0n) is 15.2. The van der Waals surface area contributed by atoms with Gasteiger partial charge in [-0.3, -0.25) is 4.79 Å². The molecule has 3 aromatic rings. The number of fused-ring (bicyclic) bond motifs is 1. The number of rotatable bonds is 8. The number of sulfone groups is 1. The third-order valence-electron chi connectivity index (χ3n) is 4.78. The van der Waals surface area contributed by atoms with E-state index in [0.717, 1.165) is 10.8 Å². The Hall–Kier alpha value is -2.70. The van der Waals surface area contributed by atoms with Crippen molar-refractivity contribution in [2.24, 2.45) is 0 Å². The first-order valence-electron chi connectivity index (χ1n) is 9.07. The maximum atomic E-state index is 13.4. The van der Waals surface area contributed by atoms with E-state index in [1.54, 1.807) is 30.3 Å².